The van der Waals surface area contributed by atoms with Crippen molar-refractivity contribution in [1.29, 1.82) is 0 Å². The van der Waals surface area contributed by atoms with E-state index in [1.54, 1.807) is 6.07 Å². The number of fused-ring (bicyclic) bond motifs is 1. The molecule has 1 aliphatic rings. The summed E-state index contributed by atoms with van der Waals surface area (Å²) in [6.45, 7) is 0.0741. The van der Waals surface area contributed by atoms with Crippen molar-refractivity contribution in [3.63, 3.8) is 0 Å². The molecule has 0 unspecified atom stereocenters. The van der Waals surface area contributed by atoms with Crippen molar-refractivity contribution in [2.24, 2.45) is 4.99 Å². The maximum absolute atomic E-state index is 13.8. The van der Waals surface area contributed by atoms with Crippen LogP contribution in [0.3, 0.4) is 0 Å². The molecule has 0 bridgehead atoms. The number of hydrogen-bond acceptors (Lipinski definition) is 4. The van der Waals surface area contributed by atoms with Gasteiger partial charge < -0.3 is 5.32 Å². The van der Waals surface area contributed by atoms with Gasteiger partial charge >= 0.3 is 0 Å². The average molecular weight is 404 g/mol. The molecular weight excluding hydrogens is 392 g/mol. The number of hydrogen-bond donors (Lipinski definition) is 2. The summed E-state index contributed by atoms with van der Waals surface area (Å²) in [5, 5.41) is 3.12. The van der Waals surface area contributed by atoms with E-state index >= 15 is 0 Å². The number of pyridine rings is 2. The van der Waals surface area contributed by atoms with Crippen molar-refractivity contribution >= 4 is 35.2 Å². The van der Waals surface area contributed by atoms with Crippen LogP contribution >= 0.6 is 23.5 Å². The van der Waals surface area contributed by atoms with Crippen molar-refractivity contribution in [2.75, 3.05) is 5.32 Å². The monoisotopic (exact) mass is 403 g/mol. The van der Waals surface area contributed by atoms with Crippen LogP contribution in [0.25, 0.3) is 11.1 Å². The first-order valence-electron chi connectivity index (χ1n) is 7.90. The molecule has 0 radical (unpaired) electrons. The van der Waals surface area contributed by atoms with Crippen molar-refractivity contribution in [2.45, 2.75) is 11.4 Å². The molecule has 1 aromatic carbocycles. The van der Waals surface area contributed by atoms with Crippen molar-refractivity contribution in [1.82, 2.24) is 14.7 Å². The number of guanidine groups is 1. The molecule has 0 amide bonds. The molecular formula is C18H12ClF2N5S. The Labute approximate surface area is 163 Å². The zero-order chi connectivity index (χ0) is 18.8. The molecule has 9 heteroatoms. The fraction of sp³-hybridized carbons (Fsp3) is 0.0556. The van der Waals surface area contributed by atoms with Gasteiger partial charge in [0.05, 0.1) is 22.8 Å². The number of aliphatic imine (C=N–C) groups is 1. The summed E-state index contributed by atoms with van der Waals surface area (Å²) in [5.74, 6) is -0.700. The normalized spacial score (nSPS) is 14.4. The maximum atomic E-state index is 13.8. The van der Waals surface area contributed by atoms with Crippen LogP contribution in [0.5, 0.6) is 0 Å². The molecule has 0 atom stereocenters. The van der Waals surface area contributed by atoms with Crippen LogP contribution in [0, 0.1) is 11.8 Å². The number of nitrogens with zero attached hydrogens (tertiary/aromatic N) is 3. The van der Waals surface area contributed by atoms with Crippen LogP contribution in [0.1, 0.15) is 5.69 Å². The molecule has 3 aromatic rings. The number of anilines is 1. The van der Waals surface area contributed by atoms with Crippen LogP contribution in [0.2, 0.25) is 5.02 Å². The molecule has 3 heterocycles. The Kier molecular flexibility index (Phi) is 4.91. The smallest absolute Gasteiger partial charge is 0.232 e. The van der Waals surface area contributed by atoms with E-state index in [1.807, 2.05) is 18.2 Å². The molecule has 0 saturated carbocycles. The van der Waals surface area contributed by atoms with Gasteiger partial charge in [0.15, 0.2) is 0 Å². The predicted octanol–water partition coefficient (Wildman–Crippen LogP) is 4.65. The van der Waals surface area contributed by atoms with Crippen LogP contribution in [-0.2, 0) is 6.54 Å². The van der Waals surface area contributed by atoms with Crippen molar-refractivity contribution in [3.05, 3.63) is 71.3 Å². The Balaban J connectivity index is 1.67. The third-order valence-corrected chi connectivity index (χ3v) is 5.10. The SMILES string of the molecule is Fc1cccnc1CN=C1NSc2cccc(-c3ccnc(F)c3Cl)c2N1. The number of para-hydroxylation sites is 1. The van der Waals surface area contributed by atoms with Gasteiger partial charge in [-0.25, -0.2) is 14.4 Å². The first-order valence-corrected chi connectivity index (χ1v) is 9.10. The summed E-state index contributed by atoms with van der Waals surface area (Å²) < 4.78 is 30.5. The quantitative estimate of drug-likeness (QED) is 0.492. The highest BCUT2D eigenvalue weighted by Gasteiger charge is 2.20. The van der Waals surface area contributed by atoms with Crippen LogP contribution in [0.4, 0.5) is 14.5 Å². The molecule has 0 spiro atoms. The first-order chi connectivity index (χ1) is 13.1. The Morgan fingerprint density at radius 3 is 2.78 bits per heavy atom. The lowest BCUT2D eigenvalue weighted by molar-refractivity contribution is 0.585. The molecule has 2 N–H and O–H groups in total. The summed E-state index contributed by atoms with van der Waals surface area (Å²) >= 11 is 7.44. The zero-order valence-corrected chi connectivity index (χ0v) is 15.3. The number of benzene rings is 1. The molecule has 136 valence electrons. The van der Waals surface area contributed by atoms with E-state index in [4.69, 9.17) is 11.6 Å². The molecule has 2 aromatic heterocycles. The van der Waals surface area contributed by atoms with Gasteiger partial charge in [-0.3, -0.25) is 9.71 Å². The number of rotatable bonds is 3. The fourth-order valence-corrected chi connectivity index (χ4v) is 3.55. The third kappa shape index (κ3) is 3.58. The first kappa shape index (κ1) is 17.7. The Bertz CT molecular complexity index is 1040. The zero-order valence-electron chi connectivity index (χ0n) is 13.7. The van der Waals surface area contributed by atoms with E-state index in [-0.39, 0.29) is 17.3 Å². The molecule has 27 heavy (non-hydrogen) atoms. The molecule has 0 saturated heterocycles. The van der Waals surface area contributed by atoms with Gasteiger partial charge in [-0.05, 0) is 36.2 Å². The predicted molar refractivity (Wildman–Crippen MR) is 103 cm³/mol. The number of halogens is 3. The molecule has 1 aliphatic heterocycles. The van der Waals surface area contributed by atoms with Crippen molar-refractivity contribution < 1.29 is 8.78 Å². The van der Waals surface area contributed by atoms with Crippen molar-refractivity contribution in [3.8, 4) is 11.1 Å². The van der Waals surface area contributed by atoms with E-state index in [1.165, 1.54) is 36.5 Å². The molecule has 0 fully saturated rings. The lowest BCUT2D eigenvalue weighted by Crippen LogP contribution is -2.29. The summed E-state index contributed by atoms with van der Waals surface area (Å²) in [7, 11) is 0. The standard InChI is InChI=1S/C18H12ClF2N5S/c19-15-10(6-8-23-17(15)21)11-3-1-5-14-16(11)25-18(26-27-14)24-9-13-12(20)4-2-7-22-13/h1-8H,9H2,(H2,24,25,26). The average Bonchev–Trinajstić information content (AvgIpc) is 2.69. The van der Waals surface area contributed by atoms with Crippen LogP contribution < -0.4 is 10.0 Å². The second-order valence-electron chi connectivity index (χ2n) is 5.57. The van der Waals surface area contributed by atoms with Gasteiger partial charge in [-0.1, -0.05) is 23.7 Å². The van der Waals surface area contributed by atoms with Gasteiger partial charge in [0.25, 0.3) is 0 Å². The fourth-order valence-electron chi connectivity index (χ4n) is 2.60. The second kappa shape index (κ2) is 7.50. The Morgan fingerprint density at radius 2 is 1.93 bits per heavy atom. The minimum atomic E-state index is -0.729. The largest absolute Gasteiger partial charge is 0.324 e. The van der Waals surface area contributed by atoms with E-state index in [2.05, 4.69) is 25.0 Å². The highest BCUT2D eigenvalue weighted by molar-refractivity contribution is 7.98. The summed E-state index contributed by atoms with van der Waals surface area (Å²) in [6, 6.07) is 10.1. The van der Waals surface area contributed by atoms with E-state index in [0.29, 0.717) is 17.1 Å². The van der Waals surface area contributed by atoms with Crippen LogP contribution in [-0.4, -0.2) is 15.9 Å². The van der Waals surface area contributed by atoms with E-state index in [0.717, 1.165) is 10.6 Å². The summed E-state index contributed by atoms with van der Waals surface area (Å²) in [6.07, 6.45) is 2.88. The Morgan fingerprint density at radius 1 is 1.04 bits per heavy atom. The van der Waals surface area contributed by atoms with Gasteiger partial charge in [0, 0.05) is 23.5 Å². The van der Waals surface area contributed by atoms with Gasteiger partial charge in [-0.2, -0.15) is 4.39 Å². The van der Waals surface area contributed by atoms with Gasteiger partial charge in [0.1, 0.15) is 10.8 Å². The summed E-state index contributed by atoms with van der Waals surface area (Å²) in [5.41, 5.74) is 2.21. The molecule has 5 nitrogen and oxygen atoms in total. The summed E-state index contributed by atoms with van der Waals surface area (Å²) in [4.78, 5) is 12.8. The van der Waals surface area contributed by atoms with Gasteiger partial charge in [-0.15, -0.1) is 0 Å². The topological polar surface area (TPSA) is 62.2 Å². The van der Waals surface area contributed by atoms with E-state index in [9.17, 15) is 8.78 Å². The lowest BCUT2D eigenvalue weighted by atomic mass is 10.0. The number of nitrogens with one attached hydrogen (secondary N) is 2. The third-order valence-electron chi connectivity index (χ3n) is 3.89. The lowest BCUT2D eigenvalue weighted by Gasteiger charge is -2.23. The van der Waals surface area contributed by atoms with Crippen LogP contribution in [0.15, 0.2) is 58.7 Å². The highest BCUT2D eigenvalue weighted by atomic mass is 35.5. The number of aromatic nitrogens is 2. The second-order valence-corrected chi connectivity index (χ2v) is 6.79. The maximum Gasteiger partial charge on any atom is 0.232 e. The minimum Gasteiger partial charge on any atom is -0.324 e. The highest BCUT2D eigenvalue weighted by Crippen LogP contribution is 2.40. The minimum absolute atomic E-state index is 0.0507. The molecule has 0 aliphatic carbocycles. The molecule has 4 rings (SSSR count). The Hall–Kier alpha value is -2.71. The van der Waals surface area contributed by atoms with Gasteiger partial charge in [0.2, 0.25) is 11.9 Å². The van der Waals surface area contributed by atoms with E-state index < -0.39 is 11.8 Å².